The van der Waals surface area contributed by atoms with Crippen LogP contribution in [-0.2, 0) is 14.8 Å². The van der Waals surface area contributed by atoms with Gasteiger partial charge in [-0.05, 0) is 55.7 Å². The number of rotatable bonds is 8. The summed E-state index contributed by atoms with van der Waals surface area (Å²) in [5.74, 6) is 0.397. The van der Waals surface area contributed by atoms with Crippen LogP contribution in [0.2, 0.25) is 0 Å². The maximum Gasteiger partial charge on any atom is 0.264 e. The predicted molar refractivity (Wildman–Crippen MR) is 138 cm³/mol. The Labute approximate surface area is 208 Å². The Balaban J connectivity index is 1.65. The van der Waals surface area contributed by atoms with Crippen LogP contribution in [0.1, 0.15) is 50.3 Å². The average molecular weight is 493 g/mol. The fourth-order valence-corrected chi connectivity index (χ4v) is 6.05. The largest absolute Gasteiger partial charge is 0.487 e. The van der Waals surface area contributed by atoms with Gasteiger partial charge in [0.2, 0.25) is 5.91 Å². The summed E-state index contributed by atoms with van der Waals surface area (Å²) in [4.78, 5) is 13.5. The fourth-order valence-electron chi connectivity index (χ4n) is 4.62. The summed E-state index contributed by atoms with van der Waals surface area (Å²) in [5.41, 5.74) is 1.89. The Kier molecular flexibility index (Phi) is 7.17. The van der Waals surface area contributed by atoms with Crippen LogP contribution in [0.3, 0.4) is 0 Å². The molecule has 0 aromatic heterocycles. The van der Waals surface area contributed by atoms with Crippen LogP contribution in [-0.4, -0.2) is 26.5 Å². The van der Waals surface area contributed by atoms with E-state index in [1.165, 1.54) is 4.31 Å². The normalized spacial score (nSPS) is 16.6. The van der Waals surface area contributed by atoms with Gasteiger partial charge in [0.05, 0.1) is 16.6 Å². The highest BCUT2D eigenvalue weighted by atomic mass is 32.2. The zero-order valence-electron chi connectivity index (χ0n) is 20.4. The summed E-state index contributed by atoms with van der Waals surface area (Å²) < 4.78 is 34.7. The Morgan fingerprint density at radius 1 is 1.00 bits per heavy atom. The van der Waals surface area contributed by atoms with Gasteiger partial charge in [-0.2, -0.15) is 0 Å². The van der Waals surface area contributed by atoms with E-state index in [-0.39, 0.29) is 29.0 Å². The smallest absolute Gasteiger partial charge is 0.264 e. The second-order valence-corrected chi connectivity index (χ2v) is 10.9. The third-order valence-electron chi connectivity index (χ3n) is 6.73. The number of hydrogen-bond donors (Lipinski definition) is 1. The van der Waals surface area contributed by atoms with Crippen molar-refractivity contribution >= 4 is 21.6 Å². The van der Waals surface area contributed by atoms with Gasteiger partial charge >= 0.3 is 0 Å². The van der Waals surface area contributed by atoms with Gasteiger partial charge in [-0.15, -0.1) is 0 Å². The van der Waals surface area contributed by atoms with E-state index in [4.69, 9.17) is 4.74 Å². The molecule has 1 aliphatic rings. The van der Waals surface area contributed by atoms with Crippen molar-refractivity contribution in [2.75, 3.05) is 10.8 Å². The third-order valence-corrected chi connectivity index (χ3v) is 8.52. The van der Waals surface area contributed by atoms with Crippen molar-refractivity contribution in [3.63, 3.8) is 0 Å². The highest BCUT2D eigenvalue weighted by Gasteiger charge is 2.39. The number of benzene rings is 3. The van der Waals surface area contributed by atoms with E-state index < -0.39 is 10.0 Å². The number of para-hydroxylation sites is 1. The van der Waals surface area contributed by atoms with Gasteiger partial charge in [-0.25, -0.2) is 8.42 Å². The van der Waals surface area contributed by atoms with Gasteiger partial charge in [-0.3, -0.25) is 9.10 Å². The van der Waals surface area contributed by atoms with Gasteiger partial charge in [0, 0.05) is 12.0 Å². The number of sulfonamides is 1. The van der Waals surface area contributed by atoms with Crippen molar-refractivity contribution in [3.05, 3.63) is 90.0 Å². The summed E-state index contributed by atoms with van der Waals surface area (Å²) in [6.45, 7) is 5.74. The SMILES string of the molecule is CCC1(CC)CC(NC(=O)CN(c2cccc(C)c2)S(=O)(=O)c2ccccc2)c2ccccc2O1. The van der Waals surface area contributed by atoms with Gasteiger partial charge in [0.1, 0.15) is 17.9 Å². The highest BCUT2D eigenvalue weighted by Crippen LogP contribution is 2.42. The average Bonchev–Trinajstić information content (AvgIpc) is 2.87. The van der Waals surface area contributed by atoms with E-state index in [9.17, 15) is 13.2 Å². The zero-order valence-corrected chi connectivity index (χ0v) is 21.2. The molecule has 1 atom stereocenters. The molecule has 0 fully saturated rings. The van der Waals surface area contributed by atoms with Crippen molar-refractivity contribution in [3.8, 4) is 5.75 Å². The molecular formula is C28H32N2O4S. The molecule has 1 aliphatic heterocycles. The van der Waals surface area contributed by atoms with Gasteiger partial charge < -0.3 is 10.1 Å². The monoisotopic (exact) mass is 492 g/mol. The Hall–Kier alpha value is -3.32. The maximum absolute atomic E-state index is 13.6. The van der Waals surface area contributed by atoms with E-state index in [0.717, 1.165) is 29.7 Å². The van der Waals surface area contributed by atoms with E-state index in [0.29, 0.717) is 12.1 Å². The standard InChI is InChI=1S/C28H32N2O4S/c1-4-28(5-2)19-25(24-16-9-10-17-26(24)34-28)29-27(31)20-30(22-13-11-12-21(3)18-22)35(32,33)23-14-7-6-8-15-23/h6-18,25H,4-5,19-20H2,1-3H3,(H,29,31). The second kappa shape index (κ2) is 10.1. The minimum Gasteiger partial charge on any atom is -0.487 e. The summed E-state index contributed by atoms with van der Waals surface area (Å²) in [5, 5.41) is 3.11. The van der Waals surface area contributed by atoms with Crippen LogP contribution in [0.5, 0.6) is 5.75 Å². The molecule has 1 amide bonds. The molecule has 6 nitrogen and oxygen atoms in total. The Morgan fingerprint density at radius 3 is 2.37 bits per heavy atom. The van der Waals surface area contributed by atoms with Crippen molar-refractivity contribution in [1.29, 1.82) is 0 Å². The molecule has 0 saturated carbocycles. The van der Waals surface area contributed by atoms with Crippen LogP contribution < -0.4 is 14.4 Å². The molecule has 0 spiro atoms. The van der Waals surface area contributed by atoms with Crippen molar-refractivity contribution in [2.45, 2.75) is 56.6 Å². The first-order valence-electron chi connectivity index (χ1n) is 12.0. The first-order chi connectivity index (χ1) is 16.8. The maximum atomic E-state index is 13.6. The van der Waals surface area contributed by atoms with Crippen molar-refractivity contribution in [1.82, 2.24) is 5.32 Å². The topological polar surface area (TPSA) is 75.7 Å². The van der Waals surface area contributed by atoms with Crippen molar-refractivity contribution in [2.24, 2.45) is 0 Å². The zero-order chi connectivity index (χ0) is 25.1. The number of ether oxygens (including phenoxy) is 1. The summed E-state index contributed by atoms with van der Waals surface area (Å²) >= 11 is 0. The summed E-state index contributed by atoms with van der Waals surface area (Å²) in [6, 6.07) is 22.8. The number of carbonyl (C=O) groups is 1. The molecule has 1 unspecified atom stereocenters. The number of nitrogens with one attached hydrogen (secondary N) is 1. The molecule has 4 rings (SSSR count). The third kappa shape index (κ3) is 5.20. The molecule has 35 heavy (non-hydrogen) atoms. The molecular weight excluding hydrogens is 460 g/mol. The van der Waals surface area contributed by atoms with Crippen LogP contribution in [0.4, 0.5) is 5.69 Å². The fraction of sp³-hybridized carbons (Fsp3) is 0.321. The van der Waals surface area contributed by atoms with Gasteiger partial charge in [-0.1, -0.05) is 62.4 Å². The predicted octanol–water partition coefficient (Wildman–Crippen LogP) is 5.39. The van der Waals surface area contributed by atoms with E-state index in [2.05, 4.69) is 19.2 Å². The van der Waals surface area contributed by atoms with Crippen molar-refractivity contribution < 1.29 is 17.9 Å². The molecule has 0 bridgehead atoms. The first-order valence-corrected chi connectivity index (χ1v) is 13.4. The molecule has 3 aromatic carbocycles. The second-order valence-electron chi connectivity index (χ2n) is 9.02. The molecule has 3 aromatic rings. The minimum absolute atomic E-state index is 0.140. The lowest BCUT2D eigenvalue weighted by atomic mass is 9.83. The quantitative estimate of drug-likeness (QED) is 0.458. The number of fused-ring (bicyclic) bond motifs is 1. The number of anilines is 1. The molecule has 7 heteroatoms. The minimum atomic E-state index is -3.95. The lowest BCUT2D eigenvalue weighted by Crippen LogP contribution is -2.47. The molecule has 0 radical (unpaired) electrons. The number of carbonyl (C=O) groups excluding carboxylic acids is 1. The highest BCUT2D eigenvalue weighted by molar-refractivity contribution is 7.92. The van der Waals surface area contributed by atoms with Crippen LogP contribution in [0.15, 0.2) is 83.8 Å². The lowest BCUT2D eigenvalue weighted by Gasteiger charge is -2.41. The first kappa shape index (κ1) is 24.8. The summed E-state index contributed by atoms with van der Waals surface area (Å²) in [7, 11) is -3.95. The molecule has 184 valence electrons. The lowest BCUT2D eigenvalue weighted by molar-refractivity contribution is -0.121. The van der Waals surface area contributed by atoms with Gasteiger partial charge in [0.25, 0.3) is 10.0 Å². The van der Waals surface area contributed by atoms with E-state index >= 15 is 0 Å². The van der Waals surface area contributed by atoms with Gasteiger partial charge in [0.15, 0.2) is 0 Å². The van der Waals surface area contributed by atoms with Crippen LogP contribution in [0.25, 0.3) is 0 Å². The Bertz CT molecular complexity index is 1290. The van der Waals surface area contributed by atoms with E-state index in [1.54, 1.807) is 48.5 Å². The number of aryl methyl sites for hydroxylation is 1. The number of amides is 1. The molecule has 1 N–H and O–H groups in total. The van der Waals surface area contributed by atoms with E-state index in [1.807, 2.05) is 37.3 Å². The Morgan fingerprint density at radius 2 is 1.69 bits per heavy atom. The molecule has 0 saturated heterocycles. The summed E-state index contributed by atoms with van der Waals surface area (Å²) in [6.07, 6.45) is 2.24. The molecule has 1 heterocycles. The number of nitrogens with zero attached hydrogens (tertiary/aromatic N) is 1. The van der Waals surface area contributed by atoms with Crippen LogP contribution >= 0.6 is 0 Å². The number of hydrogen-bond acceptors (Lipinski definition) is 4. The molecule has 0 aliphatic carbocycles. The van der Waals surface area contributed by atoms with Crippen LogP contribution in [0, 0.1) is 6.92 Å².